The summed E-state index contributed by atoms with van der Waals surface area (Å²) in [6.45, 7) is 2.42. The van der Waals surface area contributed by atoms with Crippen molar-refractivity contribution in [3.05, 3.63) is 40.8 Å². The summed E-state index contributed by atoms with van der Waals surface area (Å²) < 4.78 is 11.0. The van der Waals surface area contributed by atoms with Crippen LogP contribution < -0.4 is 15.2 Å². The van der Waals surface area contributed by atoms with E-state index in [-0.39, 0.29) is 5.95 Å². The van der Waals surface area contributed by atoms with Crippen molar-refractivity contribution in [2.24, 2.45) is 0 Å². The molecule has 108 valence electrons. The molecule has 0 amide bonds. The summed E-state index contributed by atoms with van der Waals surface area (Å²) in [5.41, 5.74) is 6.74. The lowest BCUT2D eigenvalue weighted by molar-refractivity contribution is 0.297. The number of aromatic nitrogens is 2. The summed E-state index contributed by atoms with van der Waals surface area (Å²) in [5, 5.41) is 0.898. The number of methoxy groups -OCH3 is 1. The van der Waals surface area contributed by atoms with Crippen LogP contribution >= 0.6 is 11.3 Å². The predicted octanol–water partition coefficient (Wildman–Crippen LogP) is 3.17. The van der Waals surface area contributed by atoms with E-state index < -0.39 is 0 Å². The van der Waals surface area contributed by atoms with Gasteiger partial charge >= 0.3 is 0 Å². The van der Waals surface area contributed by atoms with E-state index in [0.29, 0.717) is 12.5 Å². The van der Waals surface area contributed by atoms with E-state index in [1.165, 1.54) is 0 Å². The molecule has 2 aromatic heterocycles. The van der Waals surface area contributed by atoms with Crippen LogP contribution in [0.3, 0.4) is 0 Å². The van der Waals surface area contributed by atoms with Crippen molar-refractivity contribution >= 4 is 27.5 Å². The van der Waals surface area contributed by atoms with Gasteiger partial charge in [0.15, 0.2) is 0 Å². The van der Waals surface area contributed by atoms with Gasteiger partial charge in [0.05, 0.1) is 12.5 Å². The third kappa shape index (κ3) is 2.90. The number of nitrogen functional groups attached to an aromatic ring is 1. The number of anilines is 1. The minimum atomic E-state index is 0.227. The molecular formula is C15H15N3O2S. The molecule has 5 nitrogen and oxygen atoms in total. The molecule has 0 saturated heterocycles. The maximum Gasteiger partial charge on any atom is 0.227 e. The third-order valence-corrected chi connectivity index (χ3v) is 3.95. The lowest BCUT2D eigenvalue weighted by Gasteiger charge is -2.08. The second-order valence-electron chi connectivity index (χ2n) is 4.60. The van der Waals surface area contributed by atoms with Crippen LogP contribution in [0.25, 0.3) is 10.2 Å². The maximum atomic E-state index is 5.82. The minimum Gasteiger partial charge on any atom is -0.497 e. The van der Waals surface area contributed by atoms with Crippen LogP contribution in [-0.4, -0.2) is 17.1 Å². The van der Waals surface area contributed by atoms with Gasteiger partial charge in [-0.1, -0.05) is 12.1 Å². The molecule has 0 unspecified atom stereocenters. The molecule has 0 aliphatic carbocycles. The monoisotopic (exact) mass is 301 g/mol. The molecule has 0 aliphatic heterocycles. The second-order valence-corrected chi connectivity index (χ2v) is 5.84. The summed E-state index contributed by atoms with van der Waals surface area (Å²) in [6.07, 6.45) is 0. The van der Waals surface area contributed by atoms with Crippen molar-refractivity contribution in [1.82, 2.24) is 9.97 Å². The zero-order valence-corrected chi connectivity index (χ0v) is 12.6. The van der Waals surface area contributed by atoms with Gasteiger partial charge in [0.2, 0.25) is 11.8 Å². The Hall–Kier alpha value is -2.34. The first-order chi connectivity index (χ1) is 10.2. The number of aryl methyl sites for hydroxylation is 1. The molecule has 3 rings (SSSR count). The molecule has 0 atom stereocenters. The van der Waals surface area contributed by atoms with Gasteiger partial charge in [-0.25, -0.2) is 4.98 Å². The summed E-state index contributed by atoms with van der Waals surface area (Å²) in [4.78, 5) is 10.4. The number of nitrogens with two attached hydrogens (primary N) is 1. The SMILES string of the molecule is COc1cccc(COc2nc(N)nc3sc(C)cc23)c1. The average molecular weight is 301 g/mol. The van der Waals surface area contributed by atoms with Gasteiger partial charge < -0.3 is 15.2 Å². The predicted molar refractivity (Wildman–Crippen MR) is 83.9 cm³/mol. The molecule has 21 heavy (non-hydrogen) atoms. The van der Waals surface area contributed by atoms with Crippen molar-refractivity contribution in [2.45, 2.75) is 13.5 Å². The number of hydrogen-bond donors (Lipinski definition) is 1. The van der Waals surface area contributed by atoms with Crippen LogP contribution in [0.2, 0.25) is 0 Å². The summed E-state index contributed by atoms with van der Waals surface area (Å²) in [6, 6.07) is 9.74. The van der Waals surface area contributed by atoms with E-state index in [9.17, 15) is 0 Å². The summed E-state index contributed by atoms with van der Waals surface area (Å²) in [5.74, 6) is 1.55. The molecule has 0 saturated carbocycles. The Kier molecular flexibility index (Phi) is 3.62. The first-order valence-electron chi connectivity index (χ1n) is 6.45. The van der Waals surface area contributed by atoms with Crippen molar-refractivity contribution in [3.63, 3.8) is 0 Å². The van der Waals surface area contributed by atoms with Crippen LogP contribution in [0, 0.1) is 6.92 Å². The summed E-state index contributed by atoms with van der Waals surface area (Å²) >= 11 is 1.58. The van der Waals surface area contributed by atoms with E-state index in [0.717, 1.165) is 26.4 Å². The zero-order valence-electron chi connectivity index (χ0n) is 11.8. The lowest BCUT2D eigenvalue weighted by atomic mass is 10.2. The smallest absolute Gasteiger partial charge is 0.227 e. The van der Waals surface area contributed by atoms with Gasteiger partial charge in [0.25, 0.3) is 0 Å². The Morgan fingerprint density at radius 1 is 1.24 bits per heavy atom. The van der Waals surface area contributed by atoms with E-state index in [1.807, 2.05) is 37.3 Å². The van der Waals surface area contributed by atoms with Gasteiger partial charge in [0, 0.05) is 4.88 Å². The van der Waals surface area contributed by atoms with Crippen molar-refractivity contribution < 1.29 is 9.47 Å². The molecule has 0 aliphatic rings. The van der Waals surface area contributed by atoms with Crippen molar-refractivity contribution in [2.75, 3.05) is 12.8 Å². The number of rotatable bonds is 4. The highest BCUT2D eigenvalue weighted by molar-refractivity contribution is 7.18. The second kappa shape index (κ2) is 5.57. The molecule has 0 radical (unpaired) electrons. The molecular weight excluding hydrogens is 286 g/mol. The van der Waals surface area contributed by atoms with Gasteiger partial charge in [-0.3, -0.25) is 0 Å². The van der Waals surface area contributed by atoms with Crippen LogP contribution in [0.15, 0.2) is 30.3 Å². The van der Waals surface area contributed by atoms with Crippen LogP contribution in [0.5, 0.6) is 11.6 Å². The zero-order chi connectivity index (χ0) is 14.8. The Morgan fingerprint density at radius 3 is 2.90 bits per heavy atom. The van der Waals surface area contributed by atoms with Gasteiger partial charge in [-0.15, -0.1) is 11.3 Å². The fourth-order valence-electron chi connectivity index (χ4n) is 2.06. The van der Waals surface area contributed by atoms with Gasteiger partial charge in [-0.05, 0) is 30.7 Å². The van der Waals surface area contributed by atoms with E-state index in [1.54, 1.807) is 18.4 Å². The highest BCUT2D eigenvalue weighted by Crippen LogP contribution is 2.30. The average Bonchev–Trinajstić information content (AvgIpc) is 2.85. The number of fused-ring (bicyclic) bond motifs is 1. The topological polar surface area (TPSA) is 70.3 Å². The van der Waals surface area contributed by atoms with Crippen LogP contribution in [0.4, 0.5) is 5.95 Å². The van der Waals surface area contributed by atoms with E-state index in [4.69, 9.17) is 15.2 Å². The summed E-state index contributed by atoms with van der Waals surface area (Å²) in [7, 11) is 1.64. The minimum absolute atomic E-state index is 0.227. The van der Waals surface area contributed by atoms with Gasteiger partial charge in [0.1, 0.15) is 17.2 Å². The molecule has 2 heterocycles. The molecule has 0 fully saturated rings. The largest absolute Gasteiger partial charge is 0.497 e. The van der Waals surface area contributed by atoms with Gasteiger partial charge in [-0.2, -0.15) is 4.98 Å². The van der Waals surface area contributed by atoms with E-state index in [2.05, 4.69) is 9.97 Å². The first kappa shape index (κ1) is 13.6. The van der Waals surface area contributed by atoms with E-state index >= 15 is 0 Å². The highest BCUT2D eigenvalue weighted by Gasteiger charge is 2.10. The number of nitrogens with zero attached hydrogens (tertiary/aromatic N) is 2. The normalized spacial score (nSPS) is 10.8. The van der Waals surface area contributed by atoms with Crippen LogP contribution in [-0.2, 0) is 6.61 Å². The molecule has 1 aromatic carbocycles. The van der Waals surface area contributed by atoms with Crippen LogP contribution in [0.1, 0.15) is 10.4 Å². The number of hydrogen-bond acceptors (Lipinski definition) is 6. The Bertz CT molecular complexity index is 786. The first-order valence-corrected chi connectivity index (χ1v) is 7.27. The fourth-order valence-corrected chi connectivity index (χ4v) is 2.93. The molecule has 0 bridgehead atoms. The maximum absolute atomic E-state index is 5.82. The third-order valence-electron chi connectivity index (χ3n) is 3.01. The lowest BCUT2D eigenvalue weighted by Crippen LogP contribution is -2.01. The number of benzene rings is 1. The highest BCUT2D eigenvalue weighted by atomic mass is 32.1. The number of ether oxygens (including phenoxy) is 2. The van der Waals surface area contributed by atoms with Crippen molar-refractivity contribution in [3.8, 4) is 11.6 Å². The molecule has 2 N–H and O–H groups in total. The quantitative estimate of drug-likeness (QED) is 0.801. The molecule has 6 heteroatoms. The number of thiophene rings is 1. The Morgan fingerprint density at radius 2 is 2.10 bits per heavy atom. The Balaban J connectivity index is 1.87. The Labute approximate surface area is 126 Å². The fraction of sp³-hybridized carbons (Fsp3) is 0.200. The molecule has 0 spiro atoms. The standard InChI is InChI=1S/C15H15N3O2S/c1-9-6-12-13(17-15(16)18-14(12)21-9)20-8-10-4-3-5-11(7-10)19-2/h3-7H,8H2,1-2H3,(H2,16,17,18). The molecule has 3 aromatic rings. The van der Waals surface area contributed by atoms with Crippen molar-refractivity contribution in [1.29, 1.82) is 0 Å².